The molecule has 166 valence electrons. The Balaban J connectivity index is 1.60. The third kappa shape index (κ3) is 3.86. The van der Waals surface area contributed by atoms with Crippen LogP contribution in [-0.4, -0.2) is 16.8 Å². The lowest BCUT2D eigenvalue weighted by molar-refractivity contribution is 0.598. The number of hydrogen-bond donors (Lipinski definition) is 2. The van der Waals surface area contributed by atoms with Crippen LogP contribution in [0, 0.1) is 0 Å². The molecule has 0 bridgehead atoms. The third-order valence-electron chi connectivity index (χ3n) is 5.30. The van der Waals surface area contributed by atoms with Crippen molar-refractivity contribution < 1.29 is 21.3 Å². The SMILES string of the molecule is NS(=O)(=O)c1ccccc1NS(=O)(=O)c1cccc(-c2cccc3c2oc2ccccc23)c1. The van der Waals surface area contributed by atoms with E-state index in [0.29, 0.717) is 11.1 Å². The van der Waals surface area contributed by atoms with Gasteiger partial charge >= 0.3 is 0 Å². The maximum Gasteiger partial charge on any atom is 0.261 e. The van der Waals surface area contributed by atoms with Gasteiger partial charge in [0, 0.05) is 16.3 Å². The molecule has 5 rings (SSSR count). The van der Waals surface area contributed by atoms with Crippen LogP contribution in [0.4, 0.5) is 5.69 Å². The zero-order chi connectivity index (χ0) is 23.2. The quantitative estimate of drug-likeness (QED) is 0.379. The summed E-state index contributed by atoms with van der Waals surface area (Å²) in [5.41, 5.74) is 2.66. The Morgan fingerprint density at radius 3 is 2.24 bits per heavy atom. The highest BCUT2D eigenvalue weighted by Crippen LogP contribution is 2.36. The van der Waals surface area contributed by atoms with E-state index < -0.39 is 20.0 Å². The monoisotopic (exact) mass is 478 g/mol. The van der Waals surface area contributed by atoms with Crippen LogP contribution >= 0.6 is 0 Å². The van der Waals surface area contributed by atoms with Gasteiger partial charge in [-0.15, -0.1) is 0 Å². The van der Waals surface area contributed by atoms with Crippen molar-refractivity contribution in [3.63, 3.8) is 0 Å². The van der Waals surface area contributed by atoms with E-state index in [9.17, 15) is 16.8 Å². The molecule has 0 atom stereocenters. The van der Waals surface area contributed by atoms with Crippen molar-refractivity contribution in [2.45, 2.75) is 9.79 Å². The van der Waals surface area contributed by atoms with Gasteiger partial charge in [0.2, 0.25) is 10.0 Å². The molecule has 9 heteroatoms. The summed E-state index contributed by atoms with van der Waals surface area (Å²) in [6.45, 7) is 0. The van der Waals surface area contributed by atoms with Gasteiger partial charge in [-0.05, 0) is 35.9 Å². The van der Waals surface area contributed by atoms with E-state index in [-0.39, 0.29) is 15.5 Å². The largest absolute Gasteiger partial charge is 0.455 e. The lowest BCUT2D eigenvalue weighted by atomic mass is 10.0. The predicted molar refractivity (Wildman–Crippen MR) is 128 cm³/mol. The Labute approximate surface area is 190 Å². The number of furan rings is 1. The minimum atomic E-state index is -4.12. The molecule has 0 radical (unpaired) electrons. The molecule has 0 fully saturated rings. The minimum absolute atomic E-state index is 0.0302. The van der Waals surface area contributed by atoms with Crippen LogP contribution in [0.2, 0.25) is 0 Å². The van der Waals surface area contributed by atoms with Crippen molar-refractivity contribution in [1.29, 1.82) is 0 Å². The van der Waals surface area contributed by atoms with Crippen LogP contribution in [0.25, 0.3) is 33.1 Å². The molecule has 7 nitrogen and oxygen atoms in total. The molecule has 5 aromatic rings. The van der Waals surface area contributed by atoms with Crippen molar-refractivity contribution >= 4 is 47.7 Å². The van der Waals surface area contributed by atoms with Crippen LogP contribution in [0.1, 0.15) is 0 Å². The normalized spacial score (nSPS) is 12.3. The lowest BCUT2D eigenvalue weighted by Crippen LogP contribution is -2.18. The highest BCUT2D eigenvalue weighted by Gasteiger charge is 2.21. The van der Waals surface area contributed by atoms with Crippen LogP contribution < -0.4 is 9.86 Å². The maximum absolute atomic E-state index is 13.1. The summed E-state index contributed by atoms with van der Waals surface area (Å²) in [6, 6.07) is 25.3. The highest BCUT2D eigenvalue weighted by molar-refractivity contribution is 7.93. The first-order valence-corrected chi connectivity index (χ1v) is 12.9. The molecular formula is C24H18N2O5S2. The second kappa shape index (κ2) is 7.73. The second-order valence-electron chi connectivity index (χ2n) is 7.45. The summed E-state index contributed by atoms with van der Waals surface area (Å²) in [5, 5.41) is 7.13. The number of nitrogens with one attached hydrogen (secondary N) is 1. The van der Waals surface area contributed by atoms with Gasteiger partial charge in [-0.2, -0.15) is 0 Å². The van der Waals surface area contributed by atoms with E-state index in [4.69, 9.17) is 9.56 Å². The van der Waals surface area contributed by atoms with Gasteiger partial charge in [0.25, 0.3) is 10.0 Å². The predicted octanol–water partition coefficient (Wildman–Crippen LogP) is 4.70. The maximum atomic E-state index is 13.1. The molecule has 0 saturated heterocycles. The Hall–Kier alpha value is -3.66. The number of anilines is 1. The summed E-state index contributed by atoms with van der Waals surface area (Å²) >= 11 is 0. The van der Waals surface area contributed by atoms with Gasteiger partial charge in [-0.1, -0.05) is 60.7 Å². The molecule has 3 N–H and O–H groups in total. The molecule has 4 aromatic carbocycles. The number of rotatable bonds is 5. The smallest absolute Gasteiger partial charge is 0.261 e. The summed E-state index contributed by atoms with van der Waals surface area (Å²) in [4.78, 5) is -0.339. The van der Waals surface area contributed by atoms with Gasteiger partial charge in [-0.25, -0.2) is 22.0 Å². The number of primary sulfonamides is 1. The third-order valence-corrected chi connectivity index (χ3v) is 7.63. The van der Waals surface area contributed by atoms with Crippen molar-refractivity contribution in [2.24, 2.45) is 5.14 Å². The first-order valence-electron chi connectivity index (χ1n) is 9.89. The van der Waals surface area contributed by atoms with Gasteiger partial charge in [-0.3, -0.25) is 4.72 Å². The summed E-state index contributed by atoms with van der Waals surface area (Å²) < 4.78 is 58.3. The fourth-order valence-electron chi connectivity index (χ4n) is 3.81. The molecule has 0 spiro atoms. The van der Waals surface area contributed by atoms with Gasteiger partial charge in [0.15, 0.2) is 0 Å². The highest BCUT2D eigenvalue weighted by atomic mass is 32.2. The van der Waals surface area contributed by atoms with E-state index in [1.54, 1.807) is 12.1 Å². The fraction of sp³-hybridized carbons (Fsp3) is 0. The molecule has 0 unspecified atom stereocenters. The van der Waals surface area contributed by atoms with E-state index in [0.717, 1.165) is 21.9 Å². The summed E-state index contributed by atoms with van der Waals surface area (Å²) in [6.07, 6.45) is 0. The molecule has 0 saturated carbocycles. The number of fused-ring (bicyclic) bond motifs is 3. The number of nitrogens with two attached hydrogens (primary N) is 1. The van der Waals surface area contributed by atoms with Crippen LogP contribution in [0.15, 0.2) is 105 Å². The molecule has 33 heavy (non-hydrogen) atoms. The van der Waals surface area contributed by atoms with Gasteiger partial charge in [0.1, 0.15) is 16.1 Å². The Bertz CT molecular complexity index is 1740. The van der Waals surface area contributed by atoms with E-state index in [1.807, 2.05) is 42.5 Å². The van der Waals surface area contributed by atoms with Gasteiger partial charge < -0.3 is 4.42 Å². The average Bonchev–Trinajstić information content (AvgIpc) is 3.17. The molecule has 0 amide bonds. The van der Waals surface area contributed by atoms with Crippen LogP contribution in [-0.2, 0) is 20.0 Å². The zero-order valence-corrected chi connectivity index (χ0v) is 18.7. The summed E-state index contributed by atoms with van der Waals surface area (Å²) in [7, 11) is -8.22. The number of para-hydroxylation sites is 3. The first-order chi connectivity index (χ1) is 15.7. The molecule has 0 aliphatic rings. The Morgan fingerprint density at radius 2 is 1.42 bits per heavy atom. The van der Waals surface area contributed by atoms with Crippen molar-refractivity contribution in [3.8, 4) is 11.1 Å². The topological polar surface area (TPSA) is 119 Å². The standard InChI is InChI=1S/C24H18N2O5S2/c25-32(27,28)23-14-4-2-12-21(23)26-33(29,30)17-8-5-7-16(15-17)18-10-6-11-20-19-9-1-3-13-22(19)31-24(18)20/h1-15,26H,(H2,25,27,28). The summed E-state index contributed by atoms with van der Waals surface area (Å²) in [5.74, 6) is 0. The first kappa shape index (κ1) is 21.2. The van der Waals surface area contributed by atoms with E-state index in [1.165, 1.54) is 36.4 Å². The molecule has 0 aliphatic carbocycles. The van der Waals surface area contributed by atoms with Crippen molar-refractivity contribution in [1.82, 2.24) is 0 Å². The number of benzene rings is 4. The fourth-order valence-corrected chi connectivity index (χ4v) is 5.69. The van der Waals surface area contributed by atoms with Crippen molar-refractivity contribution in [2.75, 3.05) is 4.72 Å². The van der Waals surface area contributed by atoms with E-state index in [2.05, 4.69) is 4.72 Å². The average molecular weight is 479 g/mol. The van der Waals surface area contributed by atoms with Crippen LogP contribution in [0.3, 0.4) is 0 Å². The Morgan fingerprint density at radius 1 is 0.727 bits per heavy atom. The lowest BCUT2D eigenvalue weighted by Gasteiger charge is -2.12. The number of hydrogen-bond acceptors (Lipinski definition) is 5. The van der Waals surface area contributed by atoms with E-state index >= 15 is 0 Å². The molecule has 1 aromatic heterocycles. The Kier molecular flexibility index (Phi) is 4.97. The molecule has 0 aliphatic heterocycles. The number of sulfonamides is 2. The minimum Gasteiger partial charge on any atom is -0.455 e. The second-order valence-corrected chi connectivity index (χ2v) is 10.7. The van der Waals surface area contributed by atoms with Crippen LogP contribution in [0.5, 0.6) is 0 Å². The zero-order valence-electron chi connectivity index (χ0n) is 17.1. The molecule has 1 heterocycles. The van der Waals surface area contributed by atoms with Crippen molar-refractivity contribution in [3.05, 3.63) is 91.0 Å². The molecular weight excluding hydrogens is 460 g/mol. The van der Waals surface area contributed by atoms with Gasteiger partial charge in [0.05, 0.1) is 10.6 Å².